The Labute approximate surface area is 100 Å². The molecule has 2 rings (SSSR count). The zero-order valence-electron chi connectivity index (χ0n) is 9.85. The monoisotopic (exact) mass is 235 g/mol. The normalized spacial score (nSPS) is 18.5. The first-order chi connectivity index (χ1) is 8.13. The summed E-state index contributed by atoms with van der Waals surface area (Å²) in [6, 6.07) is 7.93. The van der Waals surface area contributed by atoms with E-state index < -0.39 is 17.5 Å². The number of carbonyl (C=O) groups excluding carboxylic acids is 1. The molecular formula is C13H17NO3. The third-order valence-electron chi connectivity index (χ3n) is 3.61. The lowest BCUT2D eigenvalue weighted by atomic mass is 9.79. The number of aliphatic hydroxyl groups excluding tert-OH is 1. The lowest BCUT2D eigenvalue weighted by Gasteiger charge is -2.30. The number of esters is 1. The van der Waals surface area contributed by atoms with Gasteiger partial charge in [0.05, 0.1) is 7.11 Å². The highest BCUT2D eigenvalue weighted by Crippen LogP contribution is 2.39. The van der Waals surface area contributed by atoms with Gasteiger partial charge in [0.2, 0.25) is 0 Å². The van der Waals surface area contributed by atoms with Crippen LogP contribution in [0.4, 0.5) is 0 Å². The minimum absolute atomic E-state index is 0.262. The quantitative estimate of drug-likeness (QED) is 0.737. The van der Waals surface area contributed by atoms with Crippen molar-refractivity contribution in [3.63, 3.8) is 0 Å². The molecule has 0 bridgehead atoms. The maximum absolute atomic E-state index is 11.5. The number of carbonyl (C=O) groups is 1. The van der Waals surface area contributed by atoms with E-state index in [4.69, 9.17) is 5.73 Å². The smallest absolute Gasteiger partial charge is 0.335 e. The molecule has 1 aromatic rings. The molecule has 0 fully saturated rings. The molecule has 4 heteroatoms. The Morgan fingerprint density at radius 1 is 1.47 bits per heavy atom. The number of hydrogen-bond acceptors (Lipinski definition) is 4. The van der Waals surface area contributed by atoms with Crippen LogP contribution >= 0.6 is 0 Å². The molecule has 4 nitrogen and oxygen atoms in total. The van der Waals surface area contributed by atoms with Crippen molar-refractivity contribution in [3.05, 3.63) is 35.4 Å². The maximum atomic E-state index is 11.5. The fourth-order valence-corrected chi connectivity index (χ4v) is 2.53. The minimum Gasteiger partial charge on any atom is -0.467 e. The molecule has 92 valence electrons. The number of benzene rings is 1. The van der Waals surface area contributed by atoms with E-state index in [0.717, 1.165) is 11.1 Å². The summed E-state index contributed by atoms with van der Waals surface area (Å²) in [5.74, 6) is -0.608. The van der Waals surface area contributed by atoms with E-state index >= 15 is 0 Å². The maximum Gasteiger partial charge on any atom is 0.335 e. The van der Waals surface area contributed by atoms with Crippen LogP contribution in [-0.4, -0.2) is 30.8 Å². The molecule has 1 aliphatic carbocycles. The molecule has 1 aliphatic rings. The second-order valence-corrected chi connectivity index (χ2v) is 4.61. The lowest BCUT2D eigenvalue weighted by Crippen LogP contribution is -2.47. The third kappa shape index (κ3) is 1.94. The summed E-state index contributed by atoms with van der Waals surface area (Å²) in [4.78, 5) is 11.5. The summed E-state index contributed by atoms with van der Waals surface area (Å²) < 4.78 is 4.61. The first-order valence-electron chi connectivity index (χ1n) is 5.66. The molecule has 0 aliphatic heterocycles. The van der Waals surface area contributed by atoms with Crippen LogP contribution in [0.15, 0.2) is 24.3 Å². The molecule has 0 heterocycles. The minimum atomic E-state index is -1.16. The Hall–Kier alpha value is -1.39. The van der Waals surface area contributed by atoms with Gasteiger partial charge in [-0.1, -0.05) is 24.3 Å². The zero-order valence-corrected chi connectivity index (χ0v) is 9.85. The number of nitrogens with two attached hydrogens (primary N) is 1. The molecule has 0 saturated carbocycles. The Bertz CT molecular complexity index is 405. The summed E-state index contributed by atoms with van der Waals surface area (Å²) in [6.45, 7) is 0.262. The molecule has 0 spiro atoms. The standard InChI is InChI=1S/C13H17NO3/c1-17-12(16)11(15)13(8-14)6-9-4-2-3-5-10(9)7-13/h2-5,11,15H,6-8,14H2,1H3. The molecule has 3 N–H and O–H groups in total. The molecule has 0 radical (unpaired) electrons. The van der Waals surface area contributed by atoms with Gasteiger partial charge in [0, 0.05) is 12.0 Å². The Balaban J connectivity index is 2.29. The van der Waals surface area contributed by atoms with Gasteiger partial charge in [0.15, 0.2) is 6.10 Å². The molecule has 0 amide bonds. The van der Waals surface area contributed by atoms with Crippen molar-refractivity contribution in [2.24, 2.45) is 11.1 Å². The number of aliphatic hydroxyl groups is 1. The molecular weight excluding hydrogens is 218 g/mol. The fourth-order valence-electron chi connectivity index (χ4n) is 2.53. The van der Waals surface area contributed by atoms with Crippen LogP contribution in [0.3, 0.4) is 0 Å². The van der Waals surface area contributed by atoms with Gasteiger partial charge >= 0.3 is 5.97 Å². The Morgan fingerprint density at radius 3 is 2.41 bits per heavy atom. The van der Waals surface area contributed by atoms with E-state index in [0.29, 0.717) is 12.8 Å². The van der Waals surface area contributed by atoms with E-state index in [1.165, 1.54) is 7.11 Å². The second-order valence-electron chi connectivity index (χ2n) is 4.61. The topological polar surface area (TPSA) is 72.5 Å². The summed E-state index contributed by atoms with van der Waals surface area (Å²) in [7, 11) is 1.28. The average Bonchev–Trinajstić information content (AvgIpc) is 2.76. The summed E-state index contributed by atoms with van der Waals surface area (Å²) in [5, 5.41) is 10.1. The summed E-state index contributed by atoms with van der Waals surface area (Å²) >= 11 is 0. The number of fused-ring (bicyclic) bond motifs is 1. The molecule has 1 aromatic carbocycles. The molecule has 0 aromatic heterocycles. The van der Waals surface area contributed by atoms with Crippen molar-refractivity contribution in [1.29, 1.82) is 0 Å². The van der Waals surface area contributed by atoms with Crippen molar-refractivity contribution < 1.29 is 14.6 Å². The van der Waals surface area contributed by atoms with Crippen LogP contribution in [0.1, 0.15) is 11.1 Å². The first kappa shape index (κ1) is 12.1. The number of hydrogen-bond donors (Lipinski definition) is 2. The second kappa shape index (κ2) is 4.47. The van der Waals surface area contributed by atoms with Crippen LogP contribution in [0.5, 0.6) is 0 Å². The number of rotatable bonds is 3. The average molecular weight is 235 g/mol. The van der Waals surface area contributed by atoms with Gasteiger partial charge in [0.1, 0.15) is 0 Å². The number of ether oxygens (including phenoxy) is 1. The van der Waals surface area contributed by atoms with Crippen molar-refractivity contribution in [3.8, 4) is 0 Å². The van der Waals surface area contributed by atoms with Crippen molar-refractivity contribution >= 4 is 5.97 Å². The molecule has 17 heavy (non-hydrogen) atoms. The molecule has 1 atom stereocenters. The van der Waals surface area contributed by atoms with Gasteiger partial charge in [-0.3, -0.25) is 0 Å². The van der Waals surface area contributed by atoms with Crippen LogP contribution in [0.2, 0.25) is 0 Å². The summed E-state index contributed by atoms with van der Waals surface area (Å²) in [6.07, 6.45) is 0.0798. The highest BCUT2D eigenvalue weighted by Gasteiger charge is 2.45. The zero-order chi connectivity index (χ0) is 12.5. The first-order valence-corrected chi connectivity index (χ1v) is 5.66. The molecule has 1 unspecified atom stereocenters. The Kier molecular flexibility index (Phi) is 3.17. The van der Waals surface area contributed by atoms with Crippen LogP contribution in [-0.2, 0) is 22.4 Å². The summed E-state index contributed by atoms with van der Waals surface area (Å²) in [5.41, 5.74) is 7.47. The van der Waals surface area contributed by atoms with E-state index in [2.05, 4.69) is 4.74 Å². The van der Waals surface area contributed by atoms with Gasteiger partial charge in [0.25, 0.3) is 0 Å². The van der Waals surface area contributed by atoms with E-state index in [9.17, 15) is 9.90 Å². The predicted octanol–water partition coefficient (Wildman–Crippen LogP) is 0.264. The van der Waals surface area contributed by atoms with Crippen LogP contribution < -0.4 is 5.73 Å². The van der Waals surface area contributed by atoms with Gasteiger partial charge in [-0.15, -0.1) is 0 Å². The van der Waals surface area contributed by atoms with Gasteiger partial charge in [-0.25, -0.2) is 4.79 Å². The van der Waals surface area contributed by atoms with Gasteiger partial charge < -0.3 is 15.6 Å². The fraction of sp³-hybridized carbons (Fsp3) is 0.462. The number of methoxy groups -OCH3 is 1. The Morgan fingerprint density at radius 2 is 2.00 bits per heavy atom. The van der Waals surface area contributed by atoms with Crippen molar-refractivity contribution in [1.82, 2.24) is 0 Å². The third-order valence-corrected chi connectivity index (χ3v) is 3.61. The van der Waals surface area contributed by atoms with Gasteiger partial charge in [-0.2, -0.15) is 0 Å². The van der Waals surface area contributed by atoms with Crippen molar-refractivity contribution in [2.45, 2.75) is 18.9 Å². The highest BCUT2D eigenvalue weighted by molar-refractivity contribution is 5.75. The predicted molar refractivity (Wildman–Crippen MR) is 63.4 cm³/mol. The largest absolute Gasteiger partial charge is 0.467 e. The van der Waals surface area contributed by atoms with E-state index in [1.807, 2.05) is 24.3 Å². The highest BCUT2D eigenvalue weighted by atomic mass is 16.5. The van der Waals surface area contributed by atoms with E-state index in [1.54, 1.807) is 0 Å². The lowest BCUT2D eigenvalue weighted by molar-refractivity contribution is -0.157. The van der Waals surface area contributed by atoms with E-state index in [-0.39, 0.29) is 6.54 Å². The van der Waals surface area contributed by atoms with Gasteiger partial charge in [-0.05, 0) is 24.0 Å². The molecule has 0 saturated heterocycles. The van der Waals surface area contributed by atoms with Crippen LogP contribution in [0.25, 0.3) is 0 Å². The van der Waals surface area contributed by atoms with Crippen molar-refractivity contribution in [2.75, 3.05) is 13.7 Å². The SMILES string of the molecule is COC(=O)C(O)C1(CN)Cc2ccccc2C1. The van der Waals surface area contributed by atoms with Crippen LogP contribution in [0, 0.1) is 5.41 Å².